The molecule has 1 amide bonds. The average molecular weight is 403 g/mol. The van der Waals surface area contributed by atoms with Crippen molar-refractivity contribution in [2.45, 2.75) is 44.0 Å². The third-order valence-electron chi connectivity index (χ3n) is 4.83. The van der Waals surface area contributed by atoms with Gasteiger partial charge in [-0.3, -0.25) is 9.80 Å². The van der Waals surface area contributed by atoms with Crippen LogP contribution < -0.4 is 5.01 Å². The molecule has 1 aromatic carbocycles. The molecule has 1 saturated heterocycles. The maximum Gasteiger partial charge on any atom is 0.286 e. The van der Waals surface area contributed by atoms with E-state index in [1.165, 1.54) is 11.1 Å². The number of carbonyl (C=O) groups is 1. The van der Waals surface area contributed by atoms with E-state index in [2.05, 4.69) is 15.2 Å². The number of hydrazone groups is 1. The summed E-state index contributed by atoms with van der Waals surface area (Å²) in [5.74, 6) is 0.206. The monoisotopic (exact) mass is 403 g/mol. The highest BCUT2D eigenvalue weighted by Crippen LogP contribution is 2.33. The third kappa shape index (κ3) is 3.39. The number of sulfone groups is 1. The van der Waals surface area contributed by atoms with Gasteiger partial charge in [-0.25, -0.2) is 8.42 Å². The summed E-state index contributed by atoms with van der Waals surface area (Å²) in [6.07, 6.45) is 3.80. The number of aromatic nitrogens is 2. The number of rotatable bonds is 3. The number of likely N-dealkylation sites (tertiary alicyclic amines) is 1. The number of amides is 1. The highest BCUT2D eigenvalue weighted by Gasteiger charge is 2.39. The molecule has 2 aromatic rings. The maximum absolute atomic E-state index is 13.1. The number of anilines is 1. The van der Waals surface area contributed by atoms with Gasteiger partial charge in [-0.2, -0.15) is 10.1 Å². The molecule has 9 nitrogen and oxygen atoms in total. The van der Waals surface area contributed by atoms with E-state index in [-0.39, 0.29) is 17.3 Å². The Morgan fingerprint density at radius 3 is 2.54 bits per heavy atom. The van der Waals surface area contributed by atoms with Crippen molar-refractivity contribution < 1.29 is 17.7 Å². The van der Waals surface area contributed by atoms with E-state index in [9.17, 15) is 13.2 Å². The lowest BCUT2D eigenvalue weighted by atomic mass is 10.2. The van der Waals surface area contributed by atoms with E-state index in [1.807, 2.05) is 0 Å². The Balaban J connectivity index is 1.74. The molecular weight excluding hydrogens is 382 g/mol. The second-order valence-corrected chi connectivity index (χ2v) is 8.71. The van der Waals surface area contributed by atoms with E-state index in [4.69, 9.17) is 4.52 Å². The summed E-state index contributed by atoms with van der Waals surface area (Å²) in [7, 11) is -4.01. The van der Waals surface area contributed by atoms with Gasteiger partial charge in [0, 0.05) is 13.1 Å². The molecule has 3 heterocycles. The minimum atomic E-state index is -4.01. The predicted molar refractivity (Wildman–Crippen MR) is 101 cm³/mol. The van der Waals surface area contributed by atoms with Crippen LogP contribution in [0.3, 0.4) is 0 Å². The fraction of sp³-hybridized carbons (Fsp3) is 0.444. The van der Waals surface area contributed by atoms with Crippen molar-refractivity contribution in [2.24, 2.45) is 5.10 Å². The third-order valence-corrected chi connectivity index (χ3v) is 6.52. The minimum absolute atomic E-state index is 0.0550. The fourth-order valence-corrected chi connectivity index (χ4v) is 4.92. The van der Waals surface area contributed by atoms with Crippen LogP contribution in [0.5, 0.6) is 0 Å². The van der Waals surface area contributed by atoms with Gasteiger partial charge >= 0.3 is 0 Å². The molecule has 2 aliphatic rings. The average Bonchev–Trinajstić information content (AvgIpc) is 2.92. The number of nitrogens with zero attached hydrogens (tertiary/aromatic N) is 5. The van der Waals surface area contributed by atoms with Gasteiger partial charge in [-0.15, -0.1) is 0 Å². The molecule has 1 aromatic heterocycles. The molecule has 10 heteroatoms. The van der Waals surface area contributed by atoms with Gasteiger partial charge in [0.05, 0.1) is 10.6 Å². The van der Waals surface area contributed by atoms with Gasteiger partial charge in [0.1, 0.15) is 6.54 Å². The van der Waals surface area contributed by atoms with Crippen LogP contribution in [0.15, 0.2) is 38.8 Å². The number of hydrogen-bond acceptors (Lipinski definition) is 8. The Bertz CT molecular complexity index is 1020. The molecule has 0 radical (unpaired) electrons. The summed E-state index contributed by atoms with van der Waals surface area (Å²) in [4.78, 5) is 18.9. The largest absolute Gasteiger partial charge is 0.337 e. The Kier molecular flexibility index (Phi) is 4.88. The van der Waals surface area contributed by atoms with Crippen LogP contribution in [0, 0.1) is 6.92 Å². The molecule has 0 spiro atoms. The van der Waals surface area contributed by atoms with Gasteiger partial charge in [-0.05, 0) is 31.9 Å². The number of fused-ring (bicyclic) bond motifs is 1. The first kappa shape index (κ1) is 18.6. The summed E-state index contributed by atoms with van der Waals surface area (Å²) in [5, 5.41) is 8.96. The Labute approximate surface area is 162 Å². The number of hydrogen-bond donors (Lipinski definition) is 0. The Morgan fingerprint density at radius 1 is 1.14 bits per heavy atom. The Morgan fingerprint density at radius 2 is 1.86 bits per heavy atom. The van der Waals surface area contributed by atoms with Crippen LogP contribution in [0.2, 0.25) is 0 Å². The molecule has 0 saturated carbocycles. The highest BCUT2D eigenvalue weighted by molar-refractivity contribution is 8.08. The van der Waals surface area contributed by atoms with Crippen molar-refractivity contribution in [3.8, 4) is 0 Å². The van der Waals surface area contributed by atoms with E-state index in [1.54, 1.807) is 30.0 Å². The number of carbonyl (C=O) groups excluding carboxylic acids is 1. The molecule has 148 valence electrons. The summed E-state index contributed by atoms with van der Waals surface area (Å²) in [6.45, 7) is 2.85. The molecule has 0 aliphatic carbocycles. The summed E-state index contributed by atoms with van der Waals surface area (Å²) in [6, 6.07) is 6.48. The van der Waals surface area contributed by atoms with Crippen molar-refractivity contribution in [2.75, 3.05) is 18.1 Å². The van der Waals surface area contributed by atoms with Gasteiger partial charge in [0.25, 0.3) is 5.91 Å². The maximum atomic E-state index is 13.1. The van der Waals surface area contributed by atoms with E-state index < -0.39 is 20.8 Å². The van der Waals surface area contributed by atoms with Crippen molar-refractivity contribution in [3.05, 3.63) is 36.0 Å². The number of para-hydroxylation sites is 1. The lowest BCUT2D eigenvalue weighted by Crippen LogP contribution is -2.43. The molecule has 1 fully saturated rings. The van der Waals surface area contributed by atoms with Crippen LogP contribution in [0.25, 0.3) is 0 Å². The first-order chi connectivity index (χ1) is 13.5. The Hall–Kier alpha value is -2.75. The number of benzene rings is 1. The quantitative estimate of drug-likeness (QED) is 0.770. The van der Waals surface area contributed by atoms with E-state index >= 15 is 0 Å². The zero-order valence-corrected chi connectivity index (χ0v) is 16.4. The molecule has 2 aliphatic heterocycles. The van der Waals surface area contributed by atoms with Crippen LogP contribution in [0.1, 0.15) is 37.4 Å². The van der Waals surface area contributed by atoms with E-state index in [0.29, 0.717) is 24.6 Å². The zero-order chi connectivity index (χ0) is 19.7. The molecule has 0 bridgehead atoms. The topological polar surface area (TPSA) is 109 Å². The highest BCUT2D eigenvalue weighted by atomic mass is 32.2. The lowest BCUT2D eigenvalue weighted by molar-refractivity contribution is -0.123. The standard InChI is InChI=1S/C18H21N5O4S/c1-13-19-16(27-21-13)12-23-14-8-4-5-9-15(14)28(25,26)17(20-23)18(24)22-10-6-2-3-7-11-22/h4-5,8-9H,2-3,6-7,10-12H2,1H3. The van der Waals surface area contributed by atoms with Crippen molar-refractivity contribution in [1.29, 1.82) is 0 Å². The molecule has 0 atom stereocenters. The summed E-state index contributed by atoms with van der Waals surface area (Å²) >= 11 is 0. The number of aryl methyl sites for hydroxylation is 1. The van der Waals surface area contributed by atoms with Gasteiger partial charge in [-0.1, -0.05) is 30.1 Å². The molecular formula is C18H21N5O4S. The molecule has 28 heavy (non-hydrogen) atoms. The lowest BCUT2D eigenvalue weighted by Gasteiger charge is -2.28. The first-order valence-electron chi connectivity index (χ1n) is 9.25. The van der Waals surface area contributed by atoms with Crippen LogP contribution in [-0.4, -0.2) is 47.5 Å². The van der Waals surface area contributed by atoms with Gasteiger partial charge < -0.3 is 9.42 Å². The van der Waals surface area contributed by atoms with Crippen LogP contribution in [0.4, 0.5) is 5.69 Å². The van der Waals surface area contributed by atoms with Crippen molar-refractivity contribution in [1.82, 2.24) is 15.0 Å². The van der Waals surface area contributed by atoms with Crippen LogP contribution in [-0.2, 0) is 21.2 Å². The SMILES string of the molecule is Cc1noc(CN2N=C(C(=O)N3CCCCCC3)S(=O)(=O)c3ccccc32)n1. The van der Waals surface area contributed by atoms with Crippen molar-refractivity contribution >= 4 is 26.5 Å². The smallest absolute Gasteiger partial charge is 0.286 e. The van der Waals surface area contributed by atoms with Gasteiger partial charge in [0.2, 0.25) is 20.8 Å². The summed E-state index contributed by atoms with van der Waals surface area (Å²) < 4.78 is 31.4. The second kappa shape index (κ2) is 7.34. The molecule has 0 unspecified atom stereocenters. The van der Waals surface area contributed by atoms with E-state index in [0.717, 1.165) is 25.7 Å². The zero-order valence-electron chi connectivity index (χ0n) is 15.5. The normalized spacial score (nSPS) is 19.0. The minimum Gasteiger partial charge on any atom is -0.337 e. The fourth-order valence-electron chi connectivity index (χ4n) is 3.44. The molecule has 0 N–H and O–H groups in total. The second-order valence-electron chi connectivity index (χ2n) is 6.88. The predicted octanol–water partition coefficient (Wildman–Crippen LogP) is 1.89. The molecule has 4 rings (SSSR count). The van der Waals surface area contributed by atoms with Crippen molar-refractivity contribution in [3.63, 3.8) is 0 Å². The first-order valence-corrected chi connectivity index (χ1v) is 10.7. The van der Waals surface area contributed by atoms with Crippen LogP contribution >= 0.6 is 0 Å². The van der Waals surface area contributed by atoms with Gasteiger partial charge in [0.15, 0.2) is 5.82 Å². The summed E-state index contributed by atoms with van der Waals surface area (Å²) in [5.41, 5.74) is 0.380.